The third kappa shape index (κ3) is 3.80. The van der Waals surface area contributed by atoms with Crippen molar-refractivity contribution >= 4 is 28.5 Å². The van der Waals surface area contributed by atoms with Gasteiger partial charge in [0.15, 0.2) is 6.79 Å². The van der Waals surface area contributed by atoms with Crippen molar-refractivity contribution in [3.8, 4) is 5.75 Å². The van der Waals surface area contributed by atoms with Gasteiger partial charge in [-0.15, -0.1) is 0 Å². The summed E-state index contributed by atoms with van der Waals surface area (Å²) in [5.74, 6) is 0.345. The number of esters is 1. The van der Waals surface area contributed by atoms with Crippen molar-refractivity contribution in [1.82, 2.24) is 0 Å². The fourth-order valence-electron chi connectivity index (χ4n) is 3.21. The van der Waals surface area contributed by atoms with Crippen LogP contribution in [-0.2, 0) is 40.3 Å². The van der Waals surface area contributed by atoms with Gasteiger partial charge in [0.2, 0.25) is 0 Å². The number of carbonyl (C=O) groups excluding carboxylic acids is 1. The summed E-state index contributed by atoms with van der Waals surface area (Å²) in [5, 5.41) is 1.49. The van der Waals surface area contributed by atoms with E-state index in [9.17, 15) is 4.79 Å². The van der Waals surface area contributed by atoms with Crippen LogP contribution in [0.15, 0.2) is 41.0 Å². The Hall–Kier alpha value is -2.50. The van der Waals surface area contributed by atoms with Gasteiger partial charge in [-0.05, 0) is 30.2 Å². The highest BCUT2D eigenvalue weighted by molar-refractivity contribution is 6.30. The van der Waals surface area contributed by atoms with Gasteiger partial charge in [-0.2, -0.15) is 0 Å². The summed E-state index contributed by atoms with van der Waals surface area (Å²) in [7, 11) is 0. The molecule has 0 fully saturated rings. The lowest BCUT2D eigenvalue weighted by Gasteiger charge is -2.21. The number of hydrogen-bond donors (Lipinski definition) is 0. The summed E-state index contributed by atoms with van der Waals surface area (Å²) in [6.07, 6.45) is 2.70. The van der Waals surface area contributed by atoms with Gasteiger partial charge >= 0.3 is 5.97 Å². The lowest BCUT2D eigenvalue weighted by molar-refractivity contribution is -0.144. The van der Waals surface area contributed by atoms with Crippen LogP contribution in [0, 0.1) is 0 Å². The standard InChI is InChI=1S/C21H19ClO5/c1-2-13-3-4-18-14(10-25-19(18)5-13)8-20(23)26-11-16-7-17(22)6-15-9-24-12-27-21(15)16/h3-7,10H,2,8-9,11-12H2,1H3. The molecule has 27 heavy (non-hydrogen) atoms. The molecular weight excluding hydrogens is 368 g/mol. The molecular formula is C21H19ClO5. The summed E-state index contributed by atoms with van der Waals surface area (Å²) in [5.41, 5.74) is 4.39. The van der Waals surface area contributed by atoms with E-state index in [-0.39, 0.29) is 25.8 Å². The van der Waals surface area contributed by atoms with E-state index in [1.54, 1.807) is 18.4 Å². The summed E-state index contributed by atoms with van der Waals surface area (Å²) >= 11 is 6.14. The van der Waals surface area contributed by atoms with E-state index in [2.05, 4.69) is 6.92 Å². The van der Waals surface area contributed by atoms with Crippen molar-refractivity contribution in [3.63, 3.8) is 0 Å². The van der Waals surface area contributed by atoms with Gasteiger partial charge in [0.05, 0.1) is 19.3 Å². The first-order valence-electron chi connectivity index (χ1n) is 8.80. The molecule has 2 aromatic carbocycles. The number of hydrogen-bond acceptors (Lipinski definition) is 5. The van der Waals surface area contributed by atoms with Crippen molar-refractivity contribution in [2.24, 2.45) is 0 Å². The minimum Gasteiger partial charge on any atom is -0.467 e. The summed E-state index contributed by atoms with van der Waals surface area (Å²) < 4.78 is 21.8. The first-order valence-corrected chi connectivity index (χ1v) is 9.18. The molecule has 0 bridgehead atoms. The summed E-state index contributed by atoms with van der Waals surface area (Å²) in [4.78, 5) is 12.3. The Morgan fingerprint density at radius 3 is 2.96 bits per heavy atom. The summed E-state index contributed by atoms with van der Waals surface area (Å²) in [6, 6.07) is 9.58. The van der Waals surface area contributed by atoms with Crippen molar-refractivity contribution in [2.45, 2.75) is 33.0 Å². The Bertz CT molecular complexity index is 992. The molecule has 0 radical (unpaired) electrons. The minimum absolute atomic E-state index is 0.0947. The second-order valence-electron chi connectivity index (χ2n) is 6.45. The van der Waals surface area contributed by atoms with E-state index in [4.69, 9.17) is 30.2 Å². The number of rotatable bonds is 5. The van der Waals surface area contributed by atoms with E-state index >= 15 is 0 Å². The molecule has 2 heterocycles. The molecule has 4 rings (SSSR count). The van der Waals surface area contributed by atoms with Crippen LogP contribution in [0.5, 0.6) is 5.75 Å². The van der Waals surface area contributed by atoms with Gasteiger partial charge < -0.3 is 18.6 Å². The number of fused-ring (bicyclic) bond motifs is 2. The van der Waals surface area contributed by atoms with Crippen molar-refractivity contribution in [1.29, 1.82) is 0 Å². The Kier molecular flexibility index (Phi) is 5.05. The first-order chi connectivity index (χ1) is 13.1. The smallest absolute Gasteiger partial charge is 0.310 e. The number of furan rings is 1. The molecule has 1 aliphatic rings. The zero-order valence-electron chi connectivity index (χ0n) is 14.9. The molecule has 0 N–H and O–H groups in total. The average Bonchev–Trinajstić information content (AvgIpc) is 3.07. The van der Waals surface area contributed by atoms with Crippen LogP contribution in [-0.4, -0.2) is 12.8 Å². The Morgan fingerprint density at radius 2 is 2.11 bits per heavy atom. The van der Waals surface area contributed by atoms with E-state index in [0.717, 1.165) is 34.1 Å². The molecule has 6 heteroatoms. The lowest BCUT2D eigenvalue weighted by atomic mass is 10.1. The molecule has 0 amide bonds. The average molecular weight is 387 g/mol. The molecule has 0 saturated heterocycles. The normalized spacial score (nSPS) is 13.3. The second-order valence-corrected chi connectivity index (χ2v) is 6.88. The van der Waals surface area contributed by atoms with Gasteiger partial charge in [-0.1, -0.05) is 30.7 Å². The van der Waals surface area contributed by atoms with Gasteiger partial charge in [0.1, 0.15) is 17.9 Å². The predicted molar refractivity (Wildman–Crippen MR) is 101 cm³/mol. The lowest BCUT2D eigenvalue weighted by Crippen LogP contribution is -2.14. The quantitative estimate of drug-likeness (QED) is 0.589. The van der Waals surface area contributed by atoms with Crippen molar-refractivity contribution in [2.75, 3.05) is 6.79 Å². The Balaban J connectivity index is 1.46. The fraction of sp³-hybridized carbons (Fsp3) is 0.286. The SMILES string of the molecule is CCc1ccc2c(CC(=O)OCc3cc(Cl)cc4c3OCOC4)coc2c1. The highest BCUT2D eigenvalue weighted by Gasteiger charge is 2.18. The molecule has 0 aliphatic carbocycles. The number of halogens is 1. The van der Waals surface area contributed by atoms with Crippen LogP contribution in [0.4, 0.5) is 0 Å². The van der Waals surface area contributed by atoms with Crippen LogP contribution in [0.2, 0.25) is 5.02 Å². The van der Waals surface area contributed by atoms with Crippen LogP contribution in [0.3, 0.4) is 0 Å². The maximum absolute atomic E-state index is 12.3. The van der Waals surface area contributed by atoms with Crippen LogP contribution in [0.1, 0.15) is 29.2 Å². The second kappa shape index (κ2) is 7.62. The number of aryl methyl sites for hydroxylation is 1. The zero-order valence-corrected chi connectivity index (χ0v) is 15.7. The van der Waals surface area contributed by atoms with E-state index in [0.29, 0.717) is 17.4 Å². The van der Waals surface area contributed by atoms with E-state index in [1.807, 2.05) is 18.2 Å². The van der Waals surface area contributed by atoms with Gasteiger partial charge in [-0.3, -0.25) is 4.79 Å². The third-order valence-electron chi connectivity index (χ3n) is 4.60. The largest absolute Gasteiger partial charge is 0.467 e. The van der Waals surface area contributed by atoms with Crippen molar-refractivity contribution in [3.05, 3.63) is 63.9 Å². The maximum atomic E-state index is 12.3. The van der Waals surface area contributed by atoms with Gasteiger partial charge in [0, 0.05) is 27.1 Å². The fourth-order valence-corrected chi connectivity index (χ4v) is 3.48. The molecule has 0 atom stereocenters. The van der Waals surface area contributed by atoms with Gasteiger partial charge in [-0.25, -0.2) is 0 Å². The maximum Gasteiger partial charge on any atom is 0.310 e. The molecule has 0 unspecified atom stereocenters. The Morgan fingerprint density at radius 1 is 1.22 bits per heavy atom. The topological polar surface area (TPSA) is 57.9 Å². The van der Waals surface area contributed by atoms with Crippen LogP contribution < -0.4 is 4.74 Å². The first kappa shape index (κ1) is 17.9. The summed E-state index contributed by atoms with van der Waals surface area (Å²) in [6.45, 7) is 2.79. The molecule has 0 saturated carbocycles. The number of benzene rings is 2. The molecule has 0 spiro atoms. The highest BCUT2D eigenvalue weighted by Crippen LogP contribution is 2.32. The van der Waals surface area contributed by atoms with E-state index < -0.39 is 0 Å². The highest BCUT2D eigenvalue weighted by atomic mass is 35.5. The number of carbonyl (C=O) groups is 1. The number of ether oxygens (including phenoxy) is 3. The predicted octanol–water partition coefficient (Wildman–Crippen LogP) is 4.80. The Labute approximate surface area is 161 Å². The van der Waals surface area contributed by atoms with Crippen molar-refractivity contribution < 1.29 is 23.4 Å². The molecule has 1 aliphatic heterocycles. The monoisotopic (exact) mass is 386 g/mol. The minimum atomic E-state index is -0.335. The van der Waals surface area contributed by atoms with Crippen LogP contribution in [0.25, 0.3) is 11.0 Å². The van der Waals surface area contributed by atoms with Gasteiger partial charge in [0.25, 0.3) is 0 Å². The molecule has 1 aromatic heterocycles. The van der Waals surface area contributed by atoms with Crippen LogP contribution >= 0.6 is 11.6 Å². The molecule has 3 aromatic rings. The molecule has 5 nitrogen and oxygen atoms in total. The molecule has 140 valence electrons. The zero-order chi connectivity index (χ0) is 18.8. The third-order valence-corrected chi connectivity index (χ3v) is 4.82. The van der Waals surface area contributed by atoms with E-state index in [1.165, 1.54) is 5.56 Å².